The van der Waals surface area contributed by atoms with Gasteiger partial charge in [-0.3, -0.25) is 14.6 Å². The Hall–Kier alpha value is -3.45. The molecule has 0 spiro atoms. The smallest absolute Gasteiger partial charge is 0.279 e. The van der Waals surface area contributed by atoms with Crippen molar-refractivity contribution >= 4 is 17.1 Å². The third kappa shape index (κ3) is 2.95. The molecular formula is C20H13ClFN3O3. The largest absolute Gasteiger partial charge is 0.503 e. The summed E-state index contributed by atoms with van der Waals surface area (Å²) >= 11 is 5.78. The van der Waals surface area contributed by atoms with Crippen LogP contribution in [0.1, 0.15) is 5.56 Å². The molecule has 0 fully saturated rings. The number of hydrogen-bond acceptors (Lipinski definition) is 4. The molecule has 0 bridgehead atoms. The van der Waals surface area contributed by atoms with E-state index in [1.165, 1.54) is 45.9 Å². The first-order chi connectivity index (χ1) is 13.5. The Bertz CT molecular complexity index is 1320. The van der Waals surface area contributed by atoms with Gasteiger partial charge in [0.25, 0.3) is 5.56 Å². The molecule has 0 radical (unpaired) electrons. The predicted molar refractivity (Wildman–Crippen MR) is 103 cm³/mol. The van der Waals surface area contributed by atoms with Gasteiger partial charge in [0.05, 0.1) is 22.8 Å². The zero-order valence-corrected chi connectivity index (χ0v) is 15.1. The molecule has 0 aliphatic heterocycles. The van der Waals surface area contributed by atoms with E-state index in [1.54, 1.807) is 24.3 Å². The van der Waals surface area contributed by atoms with E-state index in [9.17, 15) is 19.1 Å². The summed E-state index contributed by atoms with van der Waals surface area (Å²) in [4.78, 5) is 29.5. The number of aromatic nitrogens is 3. The van der Waals surface area contributed by atoms with Gasteiger partial charge in [-0.1, -0.05) is 29.8 Å². The summed E-state index contributed by atoms with van der Waals surface area (Å²) in [5, 5.41) is 10.4. The number of halogens is 2. The summed E-state index contributed by atoms with van der Waals surface area (Å²) in [7, 11) is 0. The van der Waals surface area contributed by atoms with Crippen molar-refractivity contribution in [2.45, 2.75) is 6.54 Å². The maximum Gasteiger partial charge on any atom is 0.279 e. The molecule has 0 saturated heterocycles. The molecule has 3 heterocycles. The van der Waals surface area contributed by atoms with Crippen molar-refractivity contribution in [2.24, 2.45) is 0 Å². The van der Waals surface area contributed by atoms with Gasteiger partial charge in [0.2, 0.25) is 5.43 Å². The molecule has 0 aliphatic rings. The normalized spacial score (nSPS) is 11.1. The van der Waals surface area contributed by atoms with Crippen molar-refractivity contribution in [2.75, 3.05) is 0 Å². The van der Waals surface area contributed by atoms with Gasteiger partial charge in [-0.2, -0.15) is 0 Å². The molecule has 1 N–H and O–H groups in total. The maximum atomic E-state index is 14.2. The first kappa shape index (κ1) is 17.9. The number of fused-ring (bicyclic) bond motifs is 1. The lowest BCUT2D eigenvalue weighted by Crippen LogP contribution is -2.25. The highest BCUT2D eigenvalue weighted by Gasteiger charge is 2.17. The van der Waals surface area contributed by atoms with Crippen LogP contribution in [0.5, 0.6) is 5.75 Å². The van der Waals surface area contributed by atoms with Crippen molar-refractivity contribution in [3.63, 3.8) is 0 Å². The fourth-order valence-electron chi connectivity index (χ4n) is 2.99. The highest BCUT2D eigenvalue weighted by Crippen LogP contribution is 2.20. The molecule has 0 saturated carbocycles. The minimum Gasteiger partial charge on any atom is -0.503 e. The SMILES string of the molecule is O=c1c(-c2ccccn2)cn2ccn(Cc3cccc(Cl)c3F)c(=O)c2c1O. The van der Waals surface area contributed by atoms with E-state index in [-0.39, 0.29) is 28.2 Å². The minimum atomic E-state index is -0.706. The van der Waals surface area contributed by atoms with Crippen molar-refractivity contribution in [3.05, 3.63) is 98.2 Å². The van der Waals surface area contributed by atoms with Crippen LogP contribution >= 0.6 is 11.6 Å². The van der Waals surface area contributed by atoms with E-state index >= 15 is 0 Å². The van der Waals surface area contributed by atoms with E-state index in [1.807, 2.05) is 0 Å². The zero-order chi connectivity index (χ0) is 19.8. The van der Waals surface area contributed by atoms with Crippen LogP contribution in [0.25, 0.3) is 16.8 Å². The first-order valence-electron chi connectivity index (χ1n) is 8.29. The molecule has 0 unspecified atom stereocenters. The lowest BCUT2D eigenvalue weighted by molar-refractivity contribution is 0.472. The lowest BCUT2D eigenvalue weighted by atomic mass is 10.1. The molecule has 28 heavy (non-hydrogen) atoms. The summed E-state index contributed by atoms with van der Waals surface area (Å²) in [6.45, 7) is -0.0999. The number of benzene rings is 1. The van der Waals surface area contributed by atoms with Gasteiger partial charge >= 0.3 is 0 Å². The average Bonchev–Trinajstić information content (AvgIpc) is 2.70. The number of nitrogens with zero attached hydrogens (tertiary/aromatic N) is 3. The topological polar surface area (TPSA) is 76.6 Å². The molecule has 0 amide bonds. The standard InChI is InChI=1S/C20H13ClFN3O3/c21-14-5-3-4-12(16(14)22)10-25-9-8-24-11-13(15-6-1-2-7-23-15)18(26)19(27)17(24)20(25)28/h1-9,11,27H,10H2. The monoisotopic (exact) mass is 397 g/mol. The Morgan fingerprint density at radius 1 is 1.11 bits per heavy atom. The number of pyridine rings is 2. The Balaban J connectivity index is 1.88. The van der Waals surface area contributed by atoms with Crippen molar-refractivity contribution in [1.82, 2.24) is 14.0 Å². The van der Waals surface area contributed by atoms with E-state index in [2.05, 4.69) is 4.98 Å². The average molecular weight is 398 g/mol. The molecule has 4 aromatic rings. The van der Waals surface area contributed by atoms with Crippen LogP contribution in [-0.2, 0) is 6.54 Å². The molecule has 4 rings (SSSR count). The van der Waals surface area contributed by atoms with Gasteiger partial charge in [-0.05, 0) is 18.2 Å². The van der Waals surface area contributed by atoms with Gasteiger partial charge in [-0.15, -0.1) is 0 Å². The molecule has 1 aromatic carbocycles. The highest BCUT2D eigenvalue weighted by molar-refractivity contribution is 6.30. The zero-order valence-electron chi connectivity index (χ0n) is 14.3. The number of hydrogen-bond donors (Lipinski definition) is 1. The van der Waals surface area contributed by atoms with E-state index < -0.39 is 22.6 Å². The van der Waals surface area contributed by atoms with Gasteiger partial charge in [-0.25, -0.2) is 4.39 Å². The summed E-state index contributed by atoms with van der Waals surface area (Å²) in [5.41, 5.74) is -0.789. The minimum absolute atomic E-state index is 0.0505. The highest BCUT2D eigenvalue weighted by atomic mass is 35.5. The van der Waals surface area contributed by atoms with E-state index in [0.29, 0.717) is 5.69 Å². The quantitative estimate of drug-likeness (QED) is 0.576. The van der Waals surface area contributed by atoms with Crippen molar-refractivity contribution in [3.8, 4) is 17.0 Å². The molecule has 8 heteroatoms. The van der Waals surface area contributed by atoms with Crippen molar-refractivity contribution in [1.29, 1.82) is 0 Å². The van der Waals surface area contributed by atoms with Crippen LogP contribution in [0, 0.1) is 5.82 Å². The van der Waals surface area contributed by atoms with Gasteiger partial charge in [0.1, 0.15) is 5.82 Å². The summed E-state index contributed by atoms with van der Waals surface area (Å²) in [5.74, 6) is -1.31. The molecule has 140 valence electrons. The predicted octanol–water partition coefficient (Wildman–Crippen LogP) is 3.07. The van der Waals surface area contributed by atoms with Gasteiger partial charge in [0, 0.05) is 30.4 Å². The first-order valence-corrected chi connectivity index (χ1v) is 8.67. The summed E-state index contributed by atoms with van der Waals surface area (Å²) < 4.78 is 16.7. The fourth-order valence-corrected chi connectivity index (χ4v) is 3.18. The number of aromatic hydroxyl groups is 1. The van der Waals surface area contributed by atoms with Crippen LogP contribution in [0.2, 0.25) is 5.02 Å². The maximum absolute atomic E-state index is 14.2. The Morgan fingerprint density at radius 2 is 1.93 bits per heavy atom. The third-order valence-electron chi connectivity index (χ3n) is 4.39. The Kier molecular flexibility index (Phi) is 4.44. The fraction of sp³-hybridized carbons (Fsp3) is 0.0500. The Morgan fingerprint density at radius 3 is 2.68 bits per heavy atom. The second-order valence-corrected chi connectivity index (χ2v) is 6.54. The second-order valence-electron chi connectivity index (χ2n) is 6.14. The Labute approximate surface area is 162 Å². The van der Waals surface area contributed by atoms with Crippen LogP contribution in [-0.4, -0.2) is 19.1 Å². The van der Waals surface area contributed by atoms with E-state index in [4.69, 9.17) is 11.6 Å². The van der Waals surface area contributed by atoms with Crippen LogP contribution in [0.3, 0.4) is 0 Å². The van der Waals surface area contributed by atoms with Crippen LogP contribution in [0.4, 0.5) is 4.39 Å². The molecule has 6 nitrogen and oxygen atoms in total. The van der Waals surface area contributed by atoms with Gasteiger partial charge in [0.15, 0.2) is 11.3 Å². The van der Waals surface area contributed by atoms with Crippen LogP contribution in [0.15, 0.2) is 70.8 Å². The molecule has 0 aliphatic carbocycles. The van der Waals surface area contributed by atoms with Crippen molar-refractivity contribution < 1.29 is 9.50 Å². The third-order valence-corrected chi connectivity index (χ3v) is 4.69. The number of rotatable bonds is 3. The molecule has 0 atom stereocenters. The second kappa shape index (κ2) is 6.94. The molecule has 3 aromatic heterocycles. The van der Waals surface area contributed by atoms with Gasteiger partial charge < -0.3 is 14.1 Å². The summed E-state index contributed by atoms with van der Waals surface area (Å²) in [6, 6.07) is 9.54. The van der Waals surface area contributed by atoms with E-state index in [0.717, 1.165) is 0 Å². The van der Waals surface area contributed by atoms with Crippen LogP contribution < -0.4 is 11.0 Å². The molecular weight excluding hydrogens is 385 g/mol. The summed E-state index contributed by atoms with van der Waals surface area (Å²) in [6.07, 6.45) is 5.91. The lowest BCUT2D eigenvalue weighted by Gasteiger charge is -2.11.